The van der Waals surface area contributed by atoms with E-state index < -0.39 is 0 Å². The molecule has 0 spiro atoms. The molecule has 3 N–H and O–H groups in total. The number of rotatable bonds is 5. The van der Waals surface area contributed by atoms with Gasteiger partial charge in [-0.15, -0.1) is 0 Å². The second-order valence-corrected chi connectivity index (χ2v) is 8.05. The minimum atomic E-state index is -0.137. The van der Waals surface area contributed by atoms with Crippen LogP contribution in [0.3, 0.4) is 0 Å². The highest BCUT2D eigenvalue weighted by Crippen LogP contribution is 2.31. The molecule has 2 aliphatic rings. The van der Waals surface area contributed by atoms with E-state index in [0.717, 1.165) is 43.0 Å². The van der Waals surface area contributed by atoms with Crippen molar-refractivity contribution in [1.29, 1.82) is 0 Å². The Hall–Kier alpha value is -1.79. The highest BCUT2D eigenvalue weighted by Gasteiger charge is 2.36. The first-order chi connectivity index (χ1) is 12.4. The van der Waals surface area contributed by atoms with Crippen molar-refractivity contribution in [2.24, 2.45) is 11.1 Å². The summed E-state index contributed by atoms with van der Waals surface area (Å²) < 4.78 is 11.1. The number of fused-ring (bicyclic) bond motifs is 1. The third-order valence-electron chi connectivity index (χ3n) is 5.59. The zero-order valence-corrected chi connectivity index (χ0v) is 16.1. The number of benzene rings is 1. The van der Waals surface area contributed by atoms with E-state index >= 15 is 0 Å². The van der Waals surface area contributed by atoms with Crippen molar-refractivity contribution in [3.8, 4) is 11.5 Å². The molecular formula is C20H31N3O3. The molecule has 0 radical (unpaired) electrons. The average Bonchev–Trinajstić information content (AvgIpc) is 2.63. The van der Waals surface area contributed by atoms with Crippen molar-refractivity contribution in [1.82, 2.24) is 10.2 Å². The number of ether oxygens (including phenoxy) is 2. The number of hydrogen-bond acceptors (Lipinski definition) is 5. The van der Waals surface area contributed by atoms with Gasteiger partial charge in [0.2, 0.25) is 5.91 Å². The first-order valence-electron chi connectivity index (χ1n) is 9.53. The largest absolute Gasteiger partial charge is 0.486 e. The van der Waals surface area contributed by atoms with Gasteiger partial charge >= 0.3 is 0 Å². The van der Waals surface area contributed by atoms with E-state index in [-0.39, 0.29) is 23.4 Å². The molecule has 144 valence electrons. The zero-order chi connectivity index (χ0) is 18.7. The third-order valence-corrected chi connectivity index (χ3v) is 5.59. The average molecular weight is 361 g/mol. The lowest BCUT2D eigenvalue weighted by molar-refractivity contribution is -0.127. The number of carbonyl (C=O) groups is 1. The standard InChI is InChI=1S/C20H31N3O3/c1-14(23-9-7-18(21)20(2,3)13-23)19(24)22-8-6-15-4-5-16-17(12-15)26-11-10-25-16/h4-5,12,14,18H,6-11,13,21H2,1-3H3,(H,22,24). The normalized spacial score (nSPS) is 23.3. The number of carbonyl (C=O) groups excluding carboxylic acids is 1. The molecule has 0 aliphatic carbocycles. The van der Waals surface area contributed by atoms with Gasteiger partial charge in [0.25, 0.3) is 0 Å². The number of nitrogens with two attached hydrogens (primary N) is 1. The highest BCUT2D eigenvalue weighted by atomic mass is 16.6. The third kappa shape index (κ3) is 4.30. The summed E-state index contributed by atoms with van der Waals surface area (Å²) in [5.41, 5.74) is 7.37. The molecular weight excluding hydrogens is 330 g/mol. The van der Waals surface area contributed by atoms with Gasteiger partial charge in [-0.2, -0.15) is 0 Å². The van der Waals surface area contributed by atoms with E-state index in [2.05, 4.69) is 24.1 Å². The van der Waals surface area contributed by atoms with Crippen LogP contribution >= 0.6 is 0 Å². The number of piperidine rings is 1. The molecule has 1 saturated heterocycles. The molecule has 6 nitrogen and oxygen atoms in total. The van der Waals surface area contributed by atoms with E-state index in [9.17, 15) is 4.79 Å². The maximum atomic E-state index is 12.5. The van der Waals surface area contributed by atoms with Crippen molar-refractivity contribution < 1.29 is 14.3 Å². The van der Waals surface area contributed by atoms with Crippen LogP contribution in [0.1, 0.15) is 32.8 Å². The van der Waals surface area contributed by atoms with Crippen LogP contribution in [0.2, 0.25) is 0 Å². The summed E-state index contributed by atoms with van der Waals surface area (Å²) in [5.74, 6) is 1.66. The van der Waals surface area contributed by atoms with Crippen LogP contribution in [-0.2, 0) is 11.2 Å². The molecule has 1 aromatic rings. The minimum absolute atomic E-state index is 0.0397. The number of amides is 1. The summed E-state index contributed by atoms with van der Waals surface area (Å²) >= 11 is 0. The van der Waals surface area contributed by atoms with Gasteiger partial charge in [0.15, 0.2) is 11.5 Å². The Morgan fingerprint density at radius 1 is 1.35 bits per heavy atom. The molecule has 1 aromatic carbocycles. The topological polar surface area (TPSA) is 76.8 Å². The Balaban J connectivity index is 1.48. The first kappa shape index (κ1) is 19.0. The number of nitrogens with zero attached hydrogens (tertiary/aromatic N) is 1. The number of likely N-dealkylation sites (tertiary alicyclic amines) is 1. The van der Waals surface area contributed by atoms with Crippen LogP contribution < -0.4 is 20.5 Å². The van der Waals surface area contributed by atoms with Gasteiger partial charge < -0.3 is 20.5 Å². The van der Waals surface area contributed by atoms with Gasteiger partial charge in [0.05, 0.1) is 6.04 Å². The molecule has 2 aliphatic heterocycles. The van der Waals surface area contributed by atoms with Gasteiger partial charge in [-0.1, -0.05) is 19.9 Å². The van der Waals surface area contributed by atoms with E-state index in [1.165, 1.54) is 0 Å². The number of nitrogens with one attached hydrogen (secondary N) is 1. The van der Waals surface area contributed by atoms with Crippen LogP contribution in [-0.4, -0.2) is 55.7 Å². The van der Waals surface area contributed by atoms with Crippen LogP contribution in [0.25, 0.3) is 0 Å². The maximum Gasteiger partial charge on any atom is 0.237 e. The lowest BCUT2D eigenvalue weighted by Gasteiger charge is -2.44. The summed E-state index contributed by atoms with van der Waals surface area (Å²) in [6.45, 7) is 9.85. The van der Waals surface area contributed by atoms with Crippen LogP contribution in [0.5, 0.6) is 11.5 Å². The van der Waals surface area contributed by atoms with Crippen molar-refractivity contribution >= 4 is 5.91 Å². The van der Waals surface area contributed by atoms with Gasteiger partial charge in [-0.25, -0.2) is 0 Å². The number of hydrogen-bond donors (Lipinski definition) is 2. The molecule has 1 fully saturated rings. The van der Waals surface area contributed by atoms with Crippen molar-refractivity contribution in [2.45, 2.75) is 45.7 Å². The summed E-state index contributed by atoms with van der Waals surface area (Å²) in [5, 5.41) is 3.06. The molecule has 2 unspecified atom stereocenters. The van der Waals surface area contributed by atoms with Crippen LogP contribution in [0, 0.1) is 5.41 Å². The second kappa shape index (κ2) is 7.84. The van der Waals surface area contributed by atoms with E-state index in [1.54, 1.807) is 0 Å². The molecule has 2 atom stereocenters. The second-order valence-electron chi connectivity index (χ2n) is 8.05. The predicted octanol–water partition coefficient (Wildman–Crippen LogP) is 1.56. The van der Waals surface area contributed by atoms with E-state index in [4.69, 9.17) is 15.2 Å². The summed E-state index contributed by atoms with van der Waals surface area (Å²) in [6.07, 6.45) is 1.70. The van der Waals surface area contributed by atoms with Crippen LogP contribution in [0.4, 0.5) is 0 Å². The van der Waals surface area contributed by atoms with Gasteiger partial charge in [0.1, 0.15) is 13.2 Å². The van der Waals surface area contributed by atoms with Gasteiger partial charge in [-0.05, 0) is 42.9 Å². The molecule has 6 heteroatoms. The smallest absolute Gasteiger partial charge is 0.237 e. The van der Waals surface area contributed by atoms with Gasteiger partial charge in [0, 0.05) is 25.7 Å². The molecule has 0 aromatic heterocycles. The van der Waals surface area contributed by atoms with Crippen LogP contribution in [0.15, 0.2) is 18.2 Å². The Kier molecular flexibility index (Phi) is 5.73. The SMILES string of the molecule is CC(C(=O)NCCc1ccc2c(c1)OCCO2)N1CCC(N)C(C)(C)C1. The highest BCUT2D eigenvalue weighted by molar-refractivity contribution is 5.81. The molecule has 0 saturated carbocycles. The Labute approximate surface area is 156 Å². The lowest BCUT2D eigenvalue weighted by atomic mass is 9.79. The first-order valence-corrected chi connectivity index (χ1v) is 9.53. The fourth-order valence-electron chi connectivity index (χ4n) is 3.63. The molecule has 0 bridgehead atoms. The Morgan fingerprint density at radius 3 is 2.81 bits per heavy atom. The minimum Gasteiger partial charge on any atom is -0.486 e. The predicted molar refractivity (Wildman–Crippen MR) is 102 cm³/mol. The maximum absolute atomic E-state index is 12.5. The Morgan fingerprint density at radius 2 is 2.08 bits per heavy atom. The Bertz CT molecular complexity index is 647. The lowest BCUT2D eigenvalue weighted by Crippen LogP contribution is -2.57. The monoisotopic (exact) mass is 361 g/mol. The van der Waals surface area contributed by atoms with Crippen molar-refractivity contribution in [2.75, 3.05) is 32.8 Å². The van der Waals surface area contributed by atoms with E-state index in [1.807, 2.05) is 25.1 Å². The fraction of sp³-hybridized carbons (Fsp3) is 0.650. The quantitative estimate of drug-likeness (QED) is 0.832. The molecule has 3 rings (SSSR count). The zero-order valence-electron chi connectivity index (χ0n) is 16.1. The fourth-order valence-corrected chi connectivity index (χ4v) is 3.63. The van der Waals surface area contributed by atoms with Crippen molar-refractivity contribution in [3.05, 3.63) is 23.8 Å². The summed E-state index contributed by atoms with van der Waals surface area (Å²) in [4.78, 5) is 14.8. The van der Waals surface area contributed by atoms with Gasteiger partial charge in [-0.3, -0.25) is 9.69 Å². The molecule has 2 heterocycles. The summed E-state index contributed by atoms with van der Waals surface area (Å²) in [7, 11) is 0. The summed E-state index contributed by atoms with van der Waals surface area (Å²) in [6, 6.07) is 6.02. The van der Waals surface area contributed by atoms with E-state index in [0.29, 0.717) is 19.8 Å². The molecule has 26 heavy (non-hydrogen) atoms. The molecule has 1 amide bonds. The van der Waals surface area contributed by atoms with Crippen molar-refractivity contribution in [3.63, 3.8) is 0 Å².